The number of piperidine rings is 1. The standard InChI is InChI=1S/C21H39N5O.HI/c1-3-22-21(23-15-17-9-12-25(2)13-10-17)24-19-11-14-26(16-19)20(27)18-7-5-4-6-8-18;/h17-19H,3-16H2,1-2H3,(H2,22,23,24);1H. The fourth-order valence-electron chi connectivity index (χ4n) is 4.66. The van der Waals surface area contributed by atoms with Gasteiger partial charge in [0.05, 0.1) is 0 Å². The molecule has 7 heteroatoms. The zero-order chi connectivity index (χ0) is 19.1. The summed E-state index contributed by atoms with van der Waals surface area (Å²) in [5.74, 6) is 2.30. The van der Waals surface area contributed by atoms with E-state index in [1.807, 2.05) is 0 Å². The van der Waals surface area contributed by atoms with Crippen molar-refractivity contribution in [3.05, 3.63) is 0 Å². The number of carbonyl (C=O) groups excluding carboxylic acids is 1. The van der Waals surface area contributed by atoms with Crippen molar-refractivity contribution in [3.8, 4) is 0 Å². The van der Waals surface area contributed by atoms with E-state index in [4.69, 9.17) is 4.99 Å². The summed E-state index contributed by atoms with van der Waals surface area (Å²) in [6, 6.07) is 0.327. The molecule has 0 spiro atoms. The molecule has 1 saturated carbocycles. The molecule has 3 aliphatic rings. The van der Waals surface area contributed by atoms with Gasteiger partial charge in [-0.1, -0.05) is 19.3 Å². The summed E-state index contributed by atoms with van der Waals surface area (Å²) in [5, 5.41) is 6.98. The van der Waals surface area contributed by atoms with E-state index in [0.29, 0.717) is 17.9 Å². The van der Waals surface area contributed by atoms with Gasteiger partial charge in [-0.05, 0) is 65.1 Å². The Kier molecular flexibility index (Phi) is 10.3. The van der Waals surface area contributed by atoms with Crippen LogP contribution in [0.25, 0.3) is 0 Å². The number of nitrogens with one attached hydrogen (secondary N) is 2. The molecule has 0 aromatic carbocycles. The predicted octanol–water partition coefficient (Wildman–Crippen LogP) is 2.68. The molecule has 3 fully saturated rings. The zero-order valence-electron chi connectivity index (χ0n) is 17.8. The van der Waals surface area contributed by atoms with Crippen LogP contribution in [-0.2, 0) is 4.79 Å². The Morgan fingerprint density at radius 2 is 1.75 bits per heavy atom. The number of amides is 1. The first-order chi connectivity index (χ1) is 13.2. The summed E-state index contributed by atoms with van der Waals surface area (Å²) in [5.41, 5.74) is 0. The van der Waals surface area contributed by atoms with Gasteiger partial charge in [0, 0.05) is 38.1 Å². The highest BCUT2D eigenvalue weighted by atomic mass is 127. The molecule has 1 atom stereocenters. The van der Waals surface area contributed by atoms with Crippen molar-refractivity contribution in [2.45, 2.75) is 64.3 Å². The molecule has 2 aliphatic heterocycles. The number of hydrogen-bond acceptors (Lipinski definition) is 3. The van der Waals surface area contributed by atoms with Crippen LogP contribution in [-0.4, -0.2) is 74.0 Å². The quantitative estimate of drug-likeness (QED) is 0.343. The van der Waals surface area contributed by atoms with Gasteiger partial charge in [0.25, 0.3) is 0 Å². The minimum atomic E-state index is 0. The van der Waals surface area contributed by atoms with Crippen LogP contribution in [0.4, 0.5) is 0 Å². The van der Waals surface area contributed by atoms with Crippen molar-refractivity contribution < 1.29 is 4.79 Å². The molecule has 3 rings (SSSR count). The van der Waals surface area contributed by atoms with Gasteiger partial charge in [0.15, 0.2) is 5.96 Å². The van der Waals surface area contributed by atoms with Crippen molar-refractivity contribution >= 4 is 35.8 Å². The van der Waals surface area contributed by atoms with Crippen LogP contribution >= 0.6 is 24.0 Å². The largest absolute Gasteiger partial charge is 0.357 e. The van der Waals surface area contributed by atoms with Crippen LogP contribution < -0.4 is 10.6 Å². The van der Waals surface area contributed by atoms with Crippen LogP contribution in [0.5, 0.6) is 0 Å². The second-order valence-corrected chi connectivity index (χ2v) is 8.72. The third-order valence-electron chi connectivity index (χ3n) is 6.49. The van der Waals surface area contributed by atoms with E-state index >= 15 is 0 Å². The smallest absolute Gasteiger partial charge is 0.225 e. The van der Waals surface area contributed by atoms with Gasteiger partial charge >= 0.3 is 0 Å². The van der Waals surface area contributed by atoms with Crippen molar-refractivity contribution in [1.29, 1.82) is 0 Å². The van der Waals surface area contributed by atoms with E-state index < -0.39 is 0 Å². The Hall–Kier alpha value is -0.570. The summed E-state index contributed by atoms with van der Waals surface area (Å²) in [4.78, 5) is 22.1. The molecular weight excluding hydrogens is 465 g/mol. The van der Waals surface area contributed by atoms with Crippen LogP contribution in [0.1, 0.15) is 58.3 Å². The molecule has 0 radical (unpaired) electrons. The lowest BCUT2D eigenvalue weighted by Gasteiger charge is -2.28. The van der Waals surface area contributed by atoms with Crippen LogP contribution in [0, 0.1) is 11.8 Å². The molecule has 6 nitrogen and oxygen atoms in total. The second kappa shape index (κ2) is 12.2. The molecule has 2 N–H and O–H groups in total. The minimum absolute atomic E-state index is 0. The SMILES string of the molecule is CCNC(=NCC1CCN(C)CC1)NC1CCN(C(=O)C2CCCCC2)C1.I. The Bertz CT molecular complexity index is 501. The number of likely N-dealkylation sites (tertiary alicyclic amines) is 2. The van der Waals surface area contributed by atoms with Gasteiger partial charge < -0.3 is 20.4 Å². The lowest BCUT2D eigenvalue weighted by Crippen LogP contribution is -2.46. The normalized spacial score (nSPS) is 25.4. The van der Waals surface area contributed by atoms with Crippen molar-refractivity contribution in [2.75, 3.05) is 46.3 Å². The van der Waals surface area contributed by atoms with Crippen LogP contribution in [0.2, 0.25) is 0 Å². The number of carbonyl (C=O) groups is 1. The minimum Gasteiger partial charge on any atom is -0.357 e. The van der Waals surface area contributed by atoms with Crippen LogP contribution in [0.15, 0.2) is 4.99 Å². The number of nitrogens with zero attached hydrogens (tertiary/aromatic N) is 3. The summed E-state index contributed by atoms with van der Waals surface area (Å²) in [6.45, 7) is 7.98. The molecule has 162 valence electrons. The molecule has 0 aromatic heterocycles. The van der Waals surface area contributed by atoms with Gasteiger partial charge in [-0.2, -0.15) is 0 Å². The maximum atomic E-state index is 12.8. The topological polar surface area (TPSA) is 60.0 Å². The van der Waals surface area contributed by atoms with Crippen molar-refractivity contribution in [1.82, 2.24) is 20.4 Å². The molecule has 2 saturated heterocycles. The predicted molar refractivity (Wildman–Crippen MR) is 126 cm³/mol. The van der Waals surface area contributed by atoms with E-state index in [1.165, 1.54) is 45.2 Å². The van der Waals surface area contributed by atoms with Crippen LogP contribution in [0.3, 0.4) is 0 Å². The van der Waals surface area contributed by atoms with Crippen molar-refractivity contribution in [3.63, 3.8) is 0 Å². The van der Waals surface area contributed by atoms with E-state index in [-0.39, 0.29) is 29.9 Å². The molecule has 2 heterocycles. The number of rotatable bonds is 5. The van der Waals surface area contributed by atoms with Gasteiger partial charge in [0.1, 0.15) is 0 Å². The fraction of sp³-hybridized carbons (Fsp3) is 0.905. The monoisotopic (exact) mass is 505 g/mol. The van der Waals surface area contributed by atoms with Gasteiger partial charge in [-0.25, -0.2) is 0 Å². The van der Waals surface area contributed by atoms with E-state index in [0.717, 1.165) is 51.4 Å². The van der Waals surface area contributed by atoms with Gasteiger partial charge in [-0.3, -0.25) is 9.79 Å². The first kappa shape index (κ1) is 23.7. The molecule has 1 aliphatic carbocycles. The third kappa shape index (κ3) is 7.04. The Morgan fingerprint density at radius 1 is 1.04 bits per heavy atom. The molecule has 1 amide bonds. The fourth-order valence-corrected chi connectivity index (χ4v) is 4.66. The zero-order valence-corrected chi connectivity index (χ0v) is 20.1. The number of hydrogen-bond donors (Lipinski definition) is 2. The van der Waals surface area contributed by atoms with E-state index in [9.17, 15) is 4.79 Å². The lowest BCUT2D eigenvalue weighted by atomic mass is 9.88. The van der Waals surface area contributed by atoms with Gasteiger partial charge in [-0.15, -0.1) is 24.0 Å². The summed E-state index contributed by atoms with van der Waals surface area (Å²) < 4.78 is 0. The van der Waals surface area contributed by atoms with E-state index in [2.05, 4.69) is 34.4 Å². The second-order valence-electron chi connectivity index (χ2n) is 8.72. The molecule has 1 unspecified atom stereocenters. The number of halogens is 1. The number of guanidine groups is 1. The average molecular weight is 505 g/mol. The first-order valence-electron chi connectivity index (χ1n) is 11.2. The maximum absolute atomic E-state index is 12.8. The Balaban J connectivity index is 0.00000280. The molecular formula is C21H40IN5O. The molecule has 0 aromatic rings. The summed E-state index contributed by atoms with van der Waals surface area (Å²) in [7, 11) is 2.20. The molecule has 28 heavy (non-hydrogen) atoms. The average Bonchev–Trinajstić information content (AvgIpc) is 3.16. The highest BCUT2D eigenvalue weighted by Gasteiger charge is 2.31. The highest BCUT2D eigenvalue weighted by molar-refractivity contribution is 14.0. The summed E-state index contributed by atoms with van der Waals surface area (Å²) >= 11 is 0. The lowest BCUT2D eigenvalue weighted by molar-refractivity contribution is -0.135. The third-order valence-corrected chi connectivity index (χ3v) is 6.49. The molecule has 0 bridgehead atoms. The highest BCUT2D eigenvalue weighted by Crippen LogP contribution is 2.26. The maximum Gasteiger partial charge on any atom is 0.225 e. The first-order valence-corrected chi connectivity index (χ1v) is 11.2. The Morgan fingerprint density at radius 3 is 2.43 bits per heavy atom. The summed E-state index contributed by atoms with van der Waals surface area (Å²) in [6.07, 6.45) is 9.44. The number of aliphatic imine (C=N–C) groups is 1. The Labute approximate surface area is 188 Å². The van der Waals surface area contributed by atoms with E-state index in [1.54, 1.807) is 0 Å². The van der Waals surface area contributed by atoms with Gasteiger partial charge in [0.2, 0.25) is 5.91 Å². The van der Waals surface area contributed by atoms with Crippen molar-refractivity contribution in [2.24, 2.45) is 16.8 Å².